The van der Waals surface area contributed by atoms with E-state index in [2.05, 4.69) is 0 Å². The molecule has 0 bridgehead atoms. The molecule has 0 saturated carbocycles. The molecule has 1 N–H and O–H groups in total. The van der Waals surface area contributed by atoms with Crippen LogP contribution in [0.5, 0.6) is 0 Å². The van der Waals surface area contributed by atoms with Crippen LogP contribution in [0.2, 0.25) is 0 Å². The van der Waals surface area contributed by atoms with Crippen molar-refractivity contribution in [2.45, 2.75) is 31.5 Å². The quantitative estimate of drug-likeness (QED) is 0.802. The van der Waals surface area contributed by atoms with E-state index in [9.17, 15) is 5.11 Å². The normalized spacial score (nSPS) is 29.9. The Morgan fingerprint density at radius 3 is 2.80 bits per heavy atom. The topological polar surface area (TPSA) is 29.5 Å². The average molecular weight is 204 g/mol. The summed E-state index contributed by atoms with van der Waals surface area (Å²) in [5, 5.41) is 10.4. The Bertz CT molecular complexity index is 345. The zero-order chi connectivity index (χ0) is 10.7. The van der Waals surface area contributed by atoms with E-state index in [1.54, 1.807) is 6.26 Å². The molecule has 2 unspecified atom stereocenters. The highest BCUT2D eigenvalue weighted by Crippen LogP contribution is 2.37. The van der Waals surface area contributed by atoms with Crippen molar-refractivity contribution < 1.29 is 9.84 Å². The van der Waals surface area contributed by atoms with E-state index in [1.165, 1.54) is 0 Å². The van der Waals surface area contributed by atoms with Gasteiger partial charge in [-0.15, -0.1) is 0 Å². The molecule has 0 fully saturated rings. The molecule has 2 atom stereocenters. The van der Waals surface area contributed by atoms with Gasteiger partial charge in [0.1, 0.15) is 5.60 Å². The summed E-state index contributed by atoms with van der Waals surface area (Å²) in [6, 6.07) is 9.88. The molecule has 1 aromatic rings. The number of benzene rings is 1. The highest BCUT2D eigenvalue weighted by molar-refractivity contribution is 5.22. The molecule has 1 aromatic carbocycles. The standard InChI is InChI=1S/C13H16O2/c1-2-13(14)9-6-10-15-12(13)11-7-4-3-5-8-11/h3-8,10,12,14H,2,9H2,1H3. The fraction of sp³-hybridized carbons (Fsp3) is 0.385. The van der Waals surface area contributed by atoms with Crippen molar-refractivity contribution in [1.29, 1.82) is 0 Å². The minimum absolute atomic E-state index is 0.242. The van der Waals surface area contributed by atoms with Crippen LogP contribution in [0.25, 0.3) is 0 Å². The van der Waals surface area contributed by atoms with Gasteiger partial charge in [-0.05, 0) is 18.1 Å². The molecule has 2 nitrogen and oxygen atoms in total. The third-order valence-corrected chi connectivity index (χ3v) is 2.98. The Hall–Kier alpha value is -1.28. The molecule has 0 spiro atoms. The largest absolute Gasteiger partial charge is 0.491 e. The molecule has 0 radical (unpaired) electrons. The van der Waals surface area contributed by atoms with Crippen LogP contribution in [0.15, 0.2) is 42.7 Å². The summed E-state index contributed by atoms with van der Waals surface area (Å²) in [7, 11) is 0. The van der Waals surface area contributed by atoms with Gasteiger partial charge in [-0.1, -0.05) is 37.3 Å². The number of ether oxygens (including phenoxy) is 1. The zero-order valence-corrected chi connectivity index (χ0v) is 8.89. The van der Waals surface area contributed by atoms with Crippen molar-refractivity contribution in [3.05, 3.63) is 48.2 Å². The zero-order valence-electron chi connectivity index (χ0n) is 8.89. The highest BCUT2D eigenvalue weighted by atomic mass is 16.5. The number of hydrogen-bond donors (Lipinski definition) is 1. The van der Waals surface area contributed by atoms with E-state index >= 15 is 0 Å². The van der Waals surface area contributed by atoms with E-state index < -0.39 is 5.60 Å². The first-order valence-electron chi connectivity index (χ1n) is 5.34. The molecule has 0 saturated heterocycles. The van der Waals surface area contributed by atoms with Gasteiger partial charge in [0.25, 0.3) is 0 Å². The minimum atomic E-state index is -0.768. The molecule has 80 valence electrons. The summed E-state index contributed by atoms with van der Waals surface area (Å²) < 4.78 is 5.54. The number of rotatable bonds is 2. The third kappa shape index (κ3) is 1.90. The van der Waals surface area contributed by atoms with Crippen LogP contribution in [0.1, 0.15) is 31.4 Å². The summed E-state index contributed by atoms with van der Waals surface area (Å²) in [5.74, 6) is 0. The van der Waals surface area contributed by atoms with Gasteiger partial charge >= 0.3 is 0 Å². The van der Waals surface area contributed by atoms with E-state index in [4.69, 9.17) is 4.74 Å². The predicted octanol–water partition coefficient (Wildman–Crippen LogP) is 2.80. The molecule has 0 aromatic heterocycles. The molecule has 1 aliphatic rings. The van der Waals surface area contributed by atoms with E-state index in [1.807, 2.05) is 43.3 Å². The summed E-state index contributed by atoms with van der Waals surface area (Å²) >= 11 is 0. The lowest BCUT2D eigenvalue weighted by molar-refractivity contribution is -0.0937. The van der Waals surface area contributed by atoms with Gasteiger partial charge in [-0.2, -0.15) is 0 Å². The van der Waals surface area contributed by atoms with E-state index in [0.717, 1.165) is 5.56 Å². The summed E-state index contributed by atoms with van der Waals surface area (Å²) in [6.07, 6.45) is 4.67. The average Bonchev–Trinajstić information content (AvgIpc) is 2.31. The Morgan fingerprint density at radius 1 is 1.40 bits per heavy atom. The lowest BCUT2D eigenvalue weighted by Crippen LogP contribution is -2.37. The van der Waals surface area contributed by atoms with Crippen molar-refractivity contribution in [2.24, 2.45) is 0 Å². The molecule has 15 heavy (non-hydrogen) atoms. The lowest BCUT2D eigenvalue weighted by atomic mass is 9.84. The maximum Gasteiger partial charge on any atom is 0.152 e. The van der Waals surface area contributed by atoms with Crippen molar-refractivity contribution in [1.82, 2.24) is 0 Å². The molecule has 2 rings (SSSR count). The number of aliphatic hydroxyl groups is 1. The van der Waals surface area contributed by atoms with Crippen molar-refractivity contribution in [3.63, 3.8) is 0 Å². The smallest absolute Gasteiger partial charge is 0.152 e. The van der Waals surface area contributed by atoms with E-state index in [0.29, 0.717) is 12.8 Å². The van der Waals surface area contributed by atoms with Crippen LogP contribution in [0.4, 0.5) is 0 Å². The highest BCUT2D eigenvalue weighted by Gasteiger charge is 2.38. The monoisotopic (exact) mass is 204 g/mol. The first-order chi connectivity index (χ1) is 7.26. The number of hydrogen-bond acceptors (Lipinski definition) is 2. The Labute approximate surface area is 90.2 Å². The maximum atomic E-state index is 10.4. The molecule has 2 heteroatoms. The minimum Gasteiger partial charge on any atom is -0.491 e. The molecule has 0 amide bonds. The molecule has 0 aliphatic carbocycles. The van der Waals surface area contributed by atoms with Gasteiger partial charge in [0.15, 0.2) is 6.10 Å². The Balaban J connectivity index is 2.31. The van der Waals surface area contributed by atoms with Gasteiger partial charge < -0.3 is 9.84 Å². The van der Waals surface area contributed by atoms with Crippen LogP contribution in [-0.4, -0.2) is 10.7 Å². The fourth-order valence-corrected chi connectivity index (χ4v) is 1.97. The lowest BCUT2D eigenvalue weighted by Gasteiger charge is -2.36. The SMILES string of the molecule is CCC1(O)CC=COC1c1ccccc1. The predicted molar refractivity (Wildman–Crippen MR) is 59.3 cm³/mol. The van der Waals surface area contributed by atoms with Gasteiger partial charge in [0.2, 0.25) is 0 Å². The van der Waals surface area contributed by atoms with E-state index in [-0.39, 0.29) is 6.10 Å². The van der Waals surface area contributed by atoms with Crippen LogP contribution in [0.3, 0.4) is 0 Å². The second-order valence-electron chi connectivity index (χ2n) is 3.96. The first-order valence-corrected chi connectivity index (χ1v) is 5.34. The fourth-order valence-electron chi connectivity index (χ4n) is 1.97. The summed E-state index contributed by atoms with van der Waals surface area (Å²) in [4.78, 5) is 0. The van der Waals surface area contributed by atoms with Crippen LogP contribution < -0.4 is 0 Å². The Morgan fingerprint density at radius 2 is 2.13 bits per heavy atom. The first kappa shape index (κ1) is 10.2. The van der Waals surface area contributed by atoms with Gasteiger partial charge in [-0.25, -0.2) is 0 Å². The Kier molecular flexibility index (Phi) is 2.78. The summed E-state index contributed by atoms with van der Waals surface area (Å²) in [5.41, 5.74) is 0.266. The van der Waals surface area contributed by atoms with Crippen LogP contribution in [-0.2, 0) is 4.74 Å². The second kappa shape index (κ2) is 4.07. The second-order valence-corrected chi connectivity index (χ2v) is 3.96. The summed E-state index contributed by atoms with van der Waals surface area (Å²) in [6.45, 7) is 1.98. The van der Waals surface area contributed by atoms with Gasteiger partial charge in [0.05, 0.1) is 6.26 Å². The van der Waals surface area contributed by atoms with Crippen molar-refractivity contribution in [2.75, 3.05) is 0 Å². The molecule has 1 aliphatic heterocycles. The van der Waals surface area contributed by atoms with Crippen LogP contribution >= 0.6 is 0 Å². The maximum absolute atomic E-state index is 10.4. The third-order valence-electron chi connectivity index (χ3n) is 2.98. The van der Waals surface area contributed by atoms with Crippen LogP contribution in [0, 0.1) is 0 Å². The van der Waals surface area contributed by atoms with Gasteiger partial charge in [-0.3, -0.25) is 0 Å². The van der Waals surface area contributed by atoms with Gasteiger partial charge in [0, 0.05) is 6.42 Å². The molecular weight excluding hydrogens is 188 g/mol. The van der Waals surface area contributed by atoms with Crippen molar-refractivity contribution >= 4 is 0 Å². The van der Waals surface area contributed by atoms with Crippen molar-refractivity contribution in [3.8, 4) is 0 Å². The molecular formula is C13H16O2. The molecule has 1 heterocycles.